The predicted octanol–water partition coefficient (Wildman–Crippen LogP) is 4.23. The highest BCUT2D eigenvalue weighted by molar-refractivity contribution is 7.80. The van der Waals surface area contributed by atoms with E-state index in [1.807, 2.05) is 32.0 Å². The second-order valence-corrected chi connectivity index (χ2v) is 5.45. The summed E-state index contributed by atoms with van der Waals surface area (Å²) >= 11 is 5.20. The predicted molar refractivity (Wildman–Crippen MR) is 95.9 cm³/mol. The second kappa shape index (κ2) is 8.35. The zero-order chi connectivity index (χ0) is 17.5. The van der Waals surface area contributed by atoms with Crippen LogP contribution in [0.1, 0.15) is 16.7 Å². The van der Waals surface area contributed by atoms with Crippen molar-refractivity contribution >= 4 is 29.2 Å². The standard InChI is InChI=1S/C17H17F2N3OS/c1-11-4-3-5-12(2)15(11)21-17(24)22-20-10-13-6-8-14(9-7-13)23-16(18)19/h3-10,16H,1-2H3,(H2,21,22,24)/b20-10-. The van der Waals surface area contributed by atoms with Crippen molar-refractivity contribution in [1.29, 1.82) is 0 Å². The molecule has 24 heavy (non-hydrogen) atoms. The minimum absolute atomic E-state index is 0.0994. The Morgan fingerprint density at radius 2 is 1.75 bits per heavy atom. The number of nitrogens with zero attached hydrogens (tertiary/aromatic N) is 1. The van der Waals surface area contributed by atoms with Crippen LogP contribution in [-0.4, -0.2) is 17.9 Å². The maximum Gasteiger partial charge on any atom is 0.387 e. The van der Waals surface area contributed by atoms with E-state index in [0.29, 0.717) is 5.11 Å². The third-order valence-electron chi connectivity index (χ3n) is 3.20. The van der Waals surface area contributed by atoms with Gasteiger partial charge in [-0.1, -0.05) is 18.2 Å². The maximum absolute atomic E-state index is 12.1. The van der Waals surface area contributed by atoms with Crippen LogP contribution in [0.4, 0.5) is 14.5 Å². The molecule has 0 atom stereocenters. The minimum atomic E-state index is -2.83. The van der Waals surface area contributed by atoms with Gasteiger partial charge in [-0.15, -0.1) is 0 Å². The van der Waals surface area contributed by atoms with Crippen molar-refractivity contribution in [2.45, 2.75) is 20.5 Å². The Hall–Kier alpha value is -2.54. The lowest BCUT2D eigenvalue weighted by molar-refractivity contribution is -0.0498. The first kappa shape index (κ1) is 17.8. The number of hydrazone groups is 1. The number of halogens is 2. The Morgan fingerprint density at radius 3 is 2.33 bits per heavy atom. The van der Waals surface area contributed by atoms with Crippen LogP contribution >= 0.6 is 12.2 Å². The van der Waals surface area contributed by atoms with Crippen molar-refractivity contribution < 1.29 is 13.5 Å². The Morgan fingerprint density at radius 1 is 1.12 bits per heavy atom. The minimum Gasteiger partial charge on any atom is -0.435 e. The molecule has 7 heteroatoms. The topological polar surface area (TPSA) is 45.7 Å². The average molecular weight is 349 g/mol. The SMILES string of the molecule is Cc1cccc(C)c1NC(=S)N/N=C\c1ccc(OC(F)F)cc1. The van der Waals surface area contributed by atoms with Crippen molar-refractivity contribution in [2.24, 2.45) is 5.10 Å². The summed E-state index contributed by atoms with van der Waals surface area (Å²) < 4.78 is 28.4. The van der Waals surface area contributed by atoms with E-state index in [0.717, 1.165) is 22.4 Å². The number of rotatable bonds is 5. The average Bonchev–Trinajstić information content (AvgIpc) is 2.52. The van der Waals surface area contributed by atoms with Crippen molar-refractivity contribution in [3.05, 3.63) is 59.2 Å². The number of ether oxygens (including phenoxy) is 1. The summed E-state index contributed by atoms with van der Waals surface area (Å²) in [4.78, 5) is 0. The molecule has 0 aromatic heterocycles. The third kappa shape index (κ3) is 5.27. The Bertz CT molecular complexity index is 713. The van der Waals surface area contributed by atoms with E-state index in [4.69, 9.17) is 12.2 Å². The molecular weight excluding hydrogens is 332 g/mol. The van der Waals surface area contributed by atoms with Gasteiger partial charge in [-0.05, 0) is 67.0 Å². The summed E-state index contributed by atoms with van der Waals surface area (Å²) in [6.07, 6.45) is 1.53. The number of aryl methyl sites for hydroxylation is 2. The van der Waals surface area contributed by atoms with Crippen LogP contribution in [0.15, 0.2) is 47.6 Å². The third-order valence-corrected chi connectivity index (χ3v) is 3.40. The molecule has 2 aromatic rings. The molecule has 0 fully saturated rings. The van der Waals surface area contributed by atoms with Gasteiger partial charge in [-0.2, -0.15) is 13.9 Å². The monoisotopic (exact) mass is 349 g/mol. The molecule has 0 aliphatic heterocycles. The van der Waals surface area contributed by atoms with E-state index in [2.05, 4.69) is 20.6 Å². The van der Waals surface area contributed by atoms with Crippen LogP contribution in [0, 0.1) is 13.8 Å². The molecule has 0 unspecified atom stereocenters. The van der Waals surface area contributed by atoms with Gasteiger partial charge in [-0.3, -0.25) is 5.43 Å². The first-order valence-corrected chi connectivity index (χ1v) is 7.57. The van der Waals surface area contributed by atoms with Crippen LogP contribution in [0.3, 0.4) is 0 Å². The number of hydrogen-bond donors (Lipinski definition) is 2. The molecule has 4 nitrogen and oxygen atoms in total. The summed E-state index contributed by atoms with van der Waals surface area (Å²) in [6.45, 7) is 1.15. The molecule has 0 radical (unpaired) electrons. The van der Waals surface area contributed by atoms with Gasteiger partial charge in [0.1, 0.15) is 5.75 Å². The van der Waals surface area contributed by atoms with Gasteiger partial charge >= 0.3 is 6.61 Å². The fourth-order valence-electron chi connectivity index (χ4n) is 2.05. The molecule has 0 aliphatic carbocycles. The molecule has 0 spiro atoms. The van der Waals surface area contributed by atoms with E-state index < -0.39 is 6.61 Å². The molecule has 2 N–H and O–H groups in total. The van der Waals surface area contributed by atoms with Gasteiger partial charge in [-0.25, -0.2) is 0 Å². The fourth-order valence-corrected chi connectivity index (χ4v) is 2.21. The molecule has 0 saturated heterocycles. The van der Waals surface area contributed by atoms with Crippen molar-refractivity contribution in [1.82, 2.24) is 5.43 Å². The molecule has 0 saturated carbocycles. The number of benzene rings is 2. The molecule has 0 bridgehead atoms. The number of alkyl halides is 2. The van der Waals surface area contributed by atoms with E-state index in [1.54, 1.807) is 12.1 Å². The maximum atomic E-state index is 12.1. The second-order valence-electron chi connectivity index (χ2n) is 5.04. The van der Waals surface area contributed by atoms with Crippen LogP contribution in [0.2, 0.25) is 0 Å². The van der Waals surface area contributed by atoms with Crippen molar-refractivity contribution in [3.8, 4) is 5.75 Å². The van der Waals surface area contributed by atoms with Gasteiger partial charge in [0.2, 0.25) is 0 Å². The summed E-state index contributed by atoms with van der Waals surface area (Å²) in [5, 5.41) is 7.48. The first-order chi connectivity index (χ1) is 11.5. The first-order valence-electron chi connectivity index (χ1n) is 7.17. The van der Waals surface area contributed by atoms with Gasteiger partial charge in [0.05, 0.1) is 6.21 Å². The molecular formula is C17H17F2N3OS. The van der Waals surface area contributed by atoms with Gasteiger partial charge in [0.25, 0.3) is 0 Å². The number of para-hydroxylation sites is 1. The van der Waals surface area contributed by atoms with Crippen molar-refractivity contribution in [3.63, 3.8) is 0 Å². The Labute approximate surface area is 144 Å². The lowest BCUT2D eigenvalue weighted by Gasteiger charge is -2.12. The molecule has 0 heterocycles. The highest BCUT2D eigenvalue weighted by Crippen LogP contribution is 2.19. The lowest BCUT2D eigenvalue weighted by Crippen LogP contribution is -2.24. The number of hydrogen-bond acceptors (Lipinski definition) is 3. The normalized spacial score (nSPS) is 10.9. The molecule has 0 aliphatic rings. The highest BCUT2D eigenvalue weighted by atomic mass is 32.1. The Balaban J connectivity index is 1.90. The largest absolute Gasteiger partial charge is 0.435 e. The number of anilines is 1. The molecule has 2 aromatic carbocycles. The highest BCUT2D eigenvalue weighted by Gasteiger charge is 2.04. The number of thiocarbonyl (C=S) groups is 1. The number of nitrogens with one attached hydrogen (secondary N) is 2. The molecule has 0 amide bonds. The van der Waals surface area contributed by atoms with E-state index in [-0.39, 0.29) is 5.75 Å². The summed E-state index contributed by atoms with van der Waals surface area (Å²) in [7, 11) is 0. The zero-order valence-corrected chi connectivity index (χ0v) is 14.0. The van der Waals surface area contributed by atoms with Crippen LogP contribution < -0.4 is 15.5 Å². The fraction of sp³-hybridized carbons (Fsp3) is 0.176. The van der Waals surface area contributed by atoms with Gasteiger partial charge in [0, 0.05) is 5.69 Å². The van der Waals surface area contributed by atoms with Crippen LogP contribution in [0.5, 0.6) is 5.75 Å². The van der Waals surface area contributed by atoms with Gasteiger partial charge < -0.3 is 10.1 Å². The van der Waals surface area contributed by atoms with E-state index in [1.165, 1.54) is 18.3 Å². The lowest BCUT2D eigenvalue weighted by atomic mass is 10.1. The smallest absolute Gasteiger partial charge is 0.387 e. The van der Waals surface area contributed by atoms with Crippen LogP contribution in [-0.2, 0) is 0 Å². The quantitative estimate of drug-likeness (QED) is 0.482. The van der Waals surface area contributed by atoms with E-state index in [9.17, 15) is 8.78 Å². The molecule has 2 rings (SSSR count). The molecule has 126 valence electrons. The van der Waals surface area contributed by atoms with E-state index >= 15 is 0 Å². The summed E-state index contributed by atoms with van der Waals surface area (Å²) in [5.41, 5.74) is 6.55. The zero-order valence-electron chi connectivity index (χ0n) is 13.2. The van der Waals surface area contributed by atoms with Crippen molar-refractivity contribution in [2.75, 3.05) is 5.32 Å². The summed E-state index contributed by atoms with van der Waals surface area (Å²) in [5.74, 6) is 0.0994. The van der Waals surface area contributed by atoms with Crippen LogP contribution in [0.25, 0.3) is 0 Å². The van der Waals surface area contributed by atoms with Gasteiger partial charge in [0.15, 0.2) is 5.11 Å². The Kier molecular flexibility index (Phi) is 6.20. The summed E-state index contributed by atoms with van der Waals surface area (Å²) in [6, 6.07) is 12.1.